The van der Waals surface area contributed by atoms with E-state index in [2.05, 4.69) is 4.99 Å². The molecule has 0 aliphatic rings. The highest BCUT2D eigenvalue weighted by molar-refractivity contribution is 5.93. The van der Waals surface area contributed by atoms with Crippen molar-refractivity contribution in [1.82, 2.24) is 0 Å². The molecule has 0 fully saturated rings. The molecule has 0 spiro atoms. The Morgan fingerprint density at radius 1 is 1.25 bits per heavy atom. The maximum Gasteiger partial charge on any atom is 0.214 e. The van der Waals surface area contributed by atoms with Crippen LogP contribution in [0.4, 0.5) is 0 Å². The molecule has 3 nitrogen and oxygen atoms in total. The summed E-state index contributed by atoms with van der Waals surface area (Å²) in [5, 5.41) is 0. The van der Waals surface area contributed by atoms with Crippen LogP contribution in [-0.2, 0) is 9.47 Å². The summed E-state index contributed by atoms with van der Waals surface area (Å²) in [6.07, 6.45) is 0.861. The standard InChI is InChI=1S/C9H17NO2/c1-6-8(7(2)11-4)9(10-3)12-5/h6H2,1-5H3/b8-7+,10-9?. The van der Waals surface area contributed by atoms with Crippen molar-refractivity contribution in [2.24, 2.45) is 4.99 Å². The fraction of sp³-hybridized carbons (Fsp3) is 0.667. The fourth-order valence-electron chi connectivity index (χ4n) is 1.02. The molecule has 0 amide bonds. The monoisotopic (exact) mass is 171 g/mol. The lowest BCUT2D eigenvalue weighted by Crippen LogP contribution is -2.07. The van der Waals surface area contributed by atoms with Gasteiger partial charge in [0.2, 0.25) is 5.90 Å². The number of hydrogen-bond acceptors (Lipinski definition) is 3. The average Bonchev–Trinajstić information content (AvgIpc) is 2.12. The Balaban J connectivity index is 4.76. The minimum atomic E-state index is 0.650. The first-order valence-electron chi connectivity index (χ1n) is 3.96. The molecule has 0 atom stereocenters. The number of allylic oxidation sites excluding steroid dienone is 1. The Morgan fingerprint density at radius 3 is 2.08 bits per heavy atom. The summed E-state index contributed by atoms with van der Waals surface area (Å²) in [6.45, 7) is 3.95. The van der Waals surface area contributed by atoms with Gasteiger partial charge in [-0.1, -0.05) is 6.92 Å². The quantitative estimate of drug-likeness (QED) is 0.369. The predicted octanol–water partition coefficient (Wildman–Crippen LogP) is 1.99. The van der Waals surface area contributed by atoms with Crippen LogP contribution in [0.3, 0.4) is 0 Å². The van der Waals surface area contributed by atoms with Gasteiger partial charge in [-0.25, -0.2) is 0 Å². The highest BCUT2D eigenvalue weighted by Crippen LogP contribution is 2.11. The first-order valence-corrected chi connectivity index (χ1v) is 3.96. The van der Waals surface area contributed by atoms with Crippen molar-refractivity contribution in [3.05, 3.63) is 11.3 Å². The number of ether oxygens (including phenoxy) is 2. The summed E-state index contributed by atoms with van der Waals surface area (Å²) in [6, 6.07) is 0. The molecule has 0 N–H and O–H groups in total. The average molecular weight is 171 g/mol. The second kappa shape index (κ2) is 5.63. The number of aliphatic imine (C=N–C) groups is 1. The molecule has 0 aromatic carbocycles. The number of rotatable bonds is 3. The minimum absolute atomic E-state index is 0.650. The van der Waals surface area contributed by atoms with Crippen LogP contribution in [0.2, 0.25) is 0 Å². The largest absolute Gasteiger partial charge is 0.501 e. The van der Waals surface area contributed by atoms with E-state index in [1.807, 2.05) is 13.8 Å². The van der Waals surface area contributed by atoms with E-state index in [1.54, 1.807) is 21.3 Å². The minimum Gasteiger partial charge on any atom is -0.501 e. The van der Waals surface area contributed by atoms with E-state index in [4.69, 9.17) is 9.47 Å². The maximum atomic E-state index is 5.11. The van der Waals surface area contributed by atoms with E-state index in [0.717, 1.165) is 17.8 Å². The van der Waals surface area contributed by atoms with E-state index in [1.165, 1.54) is 0 Å². The van der Waals surface area contributed by atoms with Gasteiger partial charge in [-0.2, -0.15) is 0 Å². The lowest BCUT2D eigenvalue weighted by molar-refractivity contribution is 0.287. The van der Waals surface area contributed by atoms with Crippen LogP contribution in [0.25, 0.3) is 0 Å². The third-order valence-electron chi connectivity index (χ3n) is 1.74. The molecule has 3 heteroatoms. The summed E-state index contributed by atoms with van der Waals surface area (Å²) in [5.41, 5.74) is 1.02. The predicted molar refractivity (Wildman–Crippen MR) is 50.4 cm³/mol. The van der Waals surface area contributed by atoms with Crippen molar-refractivity contribution >= 4 is 5.90 Å². The first-order chi connectivity index (χ1) is 5.71. The van der Waals surface area contributed by atoms with Crippen molar-refractivity contribution in [2.75, 3.05) is 21.3 Å². The van der Waals surface area contributed by atoms with Crippen LogP contribution in [0.1, 0.15) is 20.3 Å². The Labute approximate surface area is 74.1 Å². The van der Waals surface area contributed by atoms with Gasteiger partial charge in [-0.15, -0.1) is 0 Å². The van der Waals surface area contributed by atoms with Gasteiger partial charge in [0, 0.05) is 7.05 Å². The fourth-order valence-corrected chi connectivity index (χ4v) is 1.02. The molecule has 0 aliphatic carbocycles. The zero-order chi connectivity index (χ0) is 9.56. The van der Waals surface area contributed by atoms with Crippen molar-refractivity contribution in [2.45, 2.75) is 20.3 Å². The highest BCUT2D eigenvalue weighted by Gasteiger charge is 2.08. The molecule has 0 saturated heterocycles. The lowest BCUT2D eigenvalue weighted by atomic mass is 10.2. The number of nitrogens with zero attached hydrogens (tertiary/aromatic N) is 1. The van der Waals surface area contributed by atoms with E-state index < -0.39 is 0 Å². The molecule has 0 rings (SSSR count). The Morgan fingerprint density at radius 2 is 1.83 bits per heavy atom. The molecule has 0 saturated carbocycles. The molecule has 0 heterocycles. The first kappa shape index (κ1) is 11.0. The van der Waals surface area contributed by atoms with E-state index in [-0.39, 0.29) is 0 Å². The van der Waals surface area contributed by atoms with E-state index >= 15 is 0 Å². The molecular formula is C9H17NO2. The third kappa shape index (κ3) is 2.57. The molecule has 70 valence electrons. The smallest absolute Gasteiger partial charge is 0.214 e. The van der Waals surface area contributed by atoms with Gasteiger partial charge >= 0.3 is 0 Å². The zero-order valence-electron chi connectivity index (χ0n) is 8.47. The van der Waals surface area contributed by atoms with Gasteiger partial charge in [-0.3, -0.25) is 4.99 Å². The molecule has 0 aromatic heterocycles. The van der Waals surface area contributed by atoms with Crippen molar-refractivity contribution in [3.63, 3.8) is 0 Å². The van der Waals surface area contributed by atoms with E-state index in [9.17, 15) is 0 Å². The van der Waals surface area contributed by atoms with Crippen LogP contribution in [0, 0.1) is 0 Å². The van der Waals surface area contributed by atoms with Crippen LogP contribution in [0.5, 0.6) is 0 Å². The molecule has 0 bridgehead atoms. The highest BCUT2D eigenvalue weighted by atomic mass is 16.5. The summed E-state index contributed by atoms with van der Waals surface area (Å²) < 4.78 is 10.2. The maximum absolute atomic E-state index is 5.11. The summed E-state index contributed by atoms with van der Waals surface area (Å²) in [4.78, 5) is 4.00. The molecule has 12 heavy (non-hydrogen) atoms. The second-order valence-electron chi connectivity index (χ2n) is 2.33. The van der Waals surface area contributed by atoms with Crippen molar-refractivity contribution < 1.29 is 9.47 Å². The van der Waals surface area contributed by atoms with Crippen LogP contribution in [-0.4, -0.2) is 27.2 Å². The molecule has 0 aromatic rings. The summed E-state index contributed by atoms with van der Waals surface area (Å²) >= 11 is 0. The molecule has 0 unspecified atom stereocenters. The van der Waals surface area contributed by atoms with Gasteiger partial charge in [0.15, 0.2) is 0 Å². The van der Waals surface area contributed by atoms with Crippen LogP contribution < -0.4 is 0 Å². The molecule has 0 aliphatic heterocycles. The van der Waals surface area contributed by atoms with Gasteiger partial charge in [-0.05, 0) is 13.3 Å². The SMILES string of the molecule is CC/C(C(=NC)OC)=C(/C)OC. The third-order valence-corrected chi connectivity index (χ3v) is 1.74. The Hall–Kier alpha value is -0.990. The zero-order valence-corrected chi connectivity index (χ0v) is 8.47. The normalized spacial score (nSPS) is 13.9. The Bertz CT molecular complexity index is 187. The van der Waals surface area contributed by atoms with Gasteiger partial charge < -0.3 is 9.47 Å². The second-order valence-corrected chi connectivity index (χ2v) is 2.33. The van der Waals surface area contributed by atoms with Crippen LogP contribution >= 0.6 is 0 Å². The molecular weight excluding hydrogens is 154 g/mol. The van der Waals surface area contributed by atoms with Crippen molar-refractivity contribution in [3.8, 4) is 0 Å². The van der Waals surface area contributed by atoms with E-state index in [0.29, 0.717) is 5.90 Å². The topological polar surface area (TPSA) is 30.8 Å². The van der Waals surface area contributed by atoms with Gasteiger partial charge in [0.05, 0.1) is 19.8 Å². The van der Waals surface area contributed by atoms with Gasteiger partial charge in [0.25, 0.3) is 0 Å². The number of hydrogen-bond donors (Lipinski definition) is 0. The van der Waals surface area contributed by atoms with Crippen molar-refractivity contribution in [1.29, 1.82) is 0 Å². The molecule has 0 radical (unpaired) electrons. The summed E-state index contributed by atoms with van der Waals surface area (Å²) in [5.74, 6) is 1.51. The Kier molecular flexibility index (Phi) is 5.17. The lowest BCUT2D eigenvalue weighted by Gasteiger charge is -2.10. The number of methoxy groups -OCH3 is 2. The summed E-state index contributed by atoms with van der Waals surface area (Å²) in [7, 11) is 4.96. The van der Waals surface area contributed by atoms with Crippen LogP contribution in [0.15, 0.2) is 16.3 Å². The van der Waals surface area contributed by atoms with Gasteiger partial charge in [0.1, 0.15) is 5.76 Å².